The van der Waals surface area contributed by atoms with Crippen LogP contribution in [0.2, 0.25) is 0 Å². The van der Waals surface area contributed by atoms with Gasteiger partial charge in [0.1, 0.15) is 0 Å². The minimum absolute atomic E-state index is 0.0507. The maximum atomic E-state index is 10.9. The first-order valence-corrected chi connectivity index (χ1v) is 7.78. The second kappa shape index (κ2) is 7.09. The third-order valence-electron chi connectivity index (χ3n) is 3.79. The molecule has 5 heteroatoms. The van der Waals surface area contributed by atoms with Crippen LogP contribution in [0.1, 0.15) is 25.3 Å². The molecule has 0 radical (unpaired) electrons. The van der Waals surface area contributed by atoms with E-state index >= 15 is 0 Å². The van der Waals surface area contributed by atoms with Gasteiger partial charge in [-0.25, -0.2) is 0 Å². The summed E-state index contributed by atoms with van der Waals surface area (Å²) < 4.78 is 1.03. The van der Waals surface area contributed by atoms with Gasteiger partial charge in [-0.3, -0.25) is 4.79 Å². The highest BCUT2D eigenvalue weighted by molar-refractivity contribution is 9.10. The lowest BCUT2D eigenvalue weighted by atomic mass is 9.96. The lowest BCUT2D eigenvalue weighted by molar-refractivity contribution is -0.119. The zero-order valence-corrected chi connectivity index (χ0v) is 13.3. The molecule has 1 saturated heterocycles. The van der Waals surface area contributed by atoms with Gasteiger partial charge >= 0.3 is 0 Å². The van der Waals surface area contributed by atoms with Gasteiger partial charge in [0.25, 0.3) is 0 Å². The predicted molar refractivity (Wildman–Crippen MR) is 83.7 cm³/mol. The number of halogens is 1. The molecule has 0 aliphatic carbocycles. The van der Waals surface area contributed by atoms with Crippen LogP contribution in [0.15, 0.2) is 22.7 Å². The third-order valence-corrected chi connectivity index (χ3v) is 4.42. The molecule has 0 bridgehead atoms. The van der Waals surface area contributed by atoms with Crippen LogP contribution < -0.4 is 10.2 Å². The SMILES string of the molecule is CC(=O)NCC1CCN(c2ccc(CO)cc2Br)CC1. The molecule has 1 aliphatic rings. The molecule has 1 aromatic carbocycles. The highest BCUT2D eigenvalue weighted by Crippen LogP contribution is 2.30. The molecule has 2 rings (SSSR count). The number of piperidine rings is 1. The maximum absolute atomic E-state index is 10.9. The number of aliphatic hydroxyl groups is 1. The minimum Gasteiger partial charge on any atom is -0.392 e. The Balaban J connectivity index is 1.92. The fourth-order valence-corrected chi connectivity index (χ4v) is 3.25. The summed E-state index contributed by atoms with van der Waals surface area (Å²) in [6.07, 6.45) is 2.18. The molecule has 0 unspecified atom stereocenters. The van der Waals surface area contributed by atoms with Gasteiger partial charge in [-0.1, -0.05) is 6.07 Å². The van der Waals surface area contributed by atoms with E-state index in [4.69, 9.17) is 5.11 Å². The number of anilines is 1. The number of carbonyl (C=O) groups excluding carboxylic acids is 1. The number of amides is 1. The van der Waals surface area contributed by atoms with E-state index in [9.17, 15) is 4.79 Å². The maximum Gasteiger partial charge on any atom is 0.216 e. The molecular formula is C15H21BrN2O2. The zero-order chi connectivity index (χ0) is 14.5. The Morgan fingerprint density at radius 2 is 2.15 bits per heavy atom. The highest BCUT2D eigenvalue weighted by atomic mass is 79.9. The molecule has 1 aliphatic heterocycles. The topological polar surface area (TPSA) is 52.6 Å². The van der Waals surface area contributed by atoms with Crippen LogP contribution in [-0.4, -0.2) is 30.6 Å². The fraction of sp³-hybridized carbons (Fsp3) is 0.533. The molecule has 2 N–H and O–H groups in total. The smallest absolute Gasteiger partial charge is 0.216 e. The molecule has 1 fully saturated rings. The van der Waals surface area contributed by atoms with Crippen molar-refractivity contribution in [3.8, 4) is 0 Å². The summed E-state index contributed by atoms with van der Waals surface area (Å²) in [5.74, 6) is 0.625. The molecule has 20 heavy (non-hydrogen) atoms. The van der Waals surface area contributed by atoms with E-state index in [0.29, 0.717) is 5.92 Å². The number of hydrogen-bond acceptors (Lipinski definition) is 3. The van der Waals surface area contributed by atoms with Gasteiger partial charge in [-0.05, 0) is 52.4 Å². The van der Waals surface area contributed by atoms with Crippen LogP contribution in [-0.2, 0) is 11.4 Å². The molecule has 1 amide bonds. The first-order valence-electron chi connectivity index (χ1n) is 6.99. The monoisotopic (exact) mass is 340 g/mol. The second-order valence-electron chi connectivity index (χ2n) is 5.31. The molecule has 4 nitrogen and oxygen atoms in total. The number of nitrogens with zero attached hydrogens (tertiary/aromatic N) is 1. The number of benzene rings is 1. The Hall–Kier alpha value is -1.07. The summed E-state index contributed by atoms with van der Waals surface area (Å²) in [6, 6.07) is 5.99. The van der Waals surface area contributed by atoms with Gasteiger partial charge in [0, 0.05) is 31.0 Å². The van der Waals surface area contributed by atoms with E-state index in [-0.39, 0.29) is 12.5 Å². The predicted octanol–water partition coefficient (Wildman–Crippen LogP) is 2.29. The number of nitrogens with one attached hydrogen (secondary N) is 1. The summed E-state index contributed by atoms with van der Waals surface area (Å²) in [6.45, 7) is 4.42. The molecule has 0 spiro atoms. The average molecular weight is 341 g/mol. The first kappa shape index (κ1) is 15.3. The number of aliphatic hydroxyl groups excluding tert-OH is 1. The molecule has 0 saturated carbocycles. The summed E-state index contributed by atoms with van der Waals surface area (Å²) >= 11 is 3.58. The quantitative estimate of drug-likeness (QED) is 0.884. The van der Waals surface area contributed by atoms with Crippen molar-refractivity contribution in [1.82, 2.24) is 5.32 Å². The summed E-state index contributed by atoms with van der Waals surface area (Å²) in [5, 5.41) is 12.0. The van der Waals surface area contributed by atoms with Crippen LogP contribution in [0.3, 0.4) is 0 Å². The van der Waals surface area contributed by atoms with Gasteiger partial charge in [-0.15, -0.1) is 0 Å². The van der Waals surface area contributed by atoms with Crippen molar-refractivity contribution in [2.24, 2.45) is 5.92 Å². The van der Waals surface area contributed by atoms with Gasteiger partial charge in [0.05, 0.1) is 12.3 Å². The van der Waals surface area contributed by atoms with E-state index in [2.05, 4.69) is 32.2 Å². The molecule has 110 valence electrons. The first-order chi connectivity index (χ1) is 9.60. The summed E-state index contributed by atoms with van der Waals surface area (Å²) in [7, 11) is 0. The Morgan fingerprint density at radius 3 is 2.70 bits per heavy atom. The van der Waals surface area contributed by atoms with Crippen LogP contribution in [0.4, 0.5) is 5.69 Å². The van der Waals surface area contributed by atoms with E-state index < -0.39 is 0 Å². The van der Waals surface area contributed by atoms with Gasteiger partial charge < -0.3 is 15.3 Å². The lowest BCUT2D eigenvalue weighted by Crippen LogP contribution is -2.38. The van der Waals surface area contributed by atoms with E-state index in [1.54, 1.807) is 6.92 Å². The molecule has 1 aromatic rings. The lowest BCUT2D eigenvalue weighted by Gasteiger charge is -2.34. The van der Waals surface area contributed by atoms with Crippen molar-refractivity contribution in [2.75, 3.05) is 24.5 Å². The number of rotatable bonds is 4. The highest BCUT2D eigenvalue weighted by Gasteiger charge is 2.20. The molecule has 1 heterocycles. The van der Waals surface area contributed by atoms with Gasteiger partial charge in [0.15, 0.2) is 0 Å². The van der Waals surface area contributed by atoms with Crippen molar-refractivity contribution < 1.29 is 9.90 Å². The Bertz CT molecular complexity index is 471. The Morgan fingerprint density at radius 1 is 1.45 bits per heavy atom. The largest absolute Gasteiger partial charge is 0.392 e. The third kappa shape index (κ3) is 3.96. The Labute approximate surface area is 128 Å². The molecular weight excluding hydrogens is 320 g/mol. The zero-order valence-electron chi connectivity index (χ0n) is 11.7. The second-order valence-corrected chi connectivity index (χ2v) is 6.17. The summed E-state index contributed by atoms with van der Waals surface area (Å²) in [4.78, 5) is 13.3. The van der Waals surface area contributed by atoms with Crippen LogP contribution in [0, 0.1) is 5.92 Å². The normalized spacial score (nSPS) is 16.2. The molecule has 0 aromatic heterocycles. The van der Waals surface area contributed by atoms with Gasteiger partial charge in [0.2, 0.25) is 5.91 Å². The molecule has 0 atom stereocenters. The van der Waals surface area contributed by atoms with Crippen LogP contribution in [0.5, 0.6) is 0 Å². The summed E-state index contributed by atoms with van der Waals surface area (Å²) in [5.41, 5.74) is 2.10. The van der Waals surface area contributed by atoms with Crippen molar-refractivity contribution in [3.63, 3.8) is 0 Å². The fourth-order valence-electron chi connectivity index (χ4n) is 2.57. The van der Waals surface area contributed by atoms with E-state index in [1.165, 1.54) is 5.69 Å². The number of hydrogen-bond donors (Lipinski definition) is 2. The van der Waals surface area contributed by atoms with E-state index in [0.717, 1.165) is 42.5 Å². The van der Waals surface area contributed by atoms with Crippen molar-refractivity contribution in [2.45, 2.75) is 26.4 Å². The van der Waals surface area contributed by atoms with Crippen LogP contribution in [0.25, 0.3) is 0 Å². The minimum atomic E-state index is 0.0507. The Kier molecular flexibility index (Phi) is 5.43. The van der Waals surface area contributed by atoms with Crippen molar-refractivity contribution in [3.05, 3.63) is 28.2 Å². The van der Waals surface area contributed by atoms with Crippen molar-refractivity contribution >= 4 is 27.5 Å². The van der Waals surface area contributed by atoms with Crippen LogP contribution >= 0.6 is 15.9 Å². The van der Waals surface area contributed by atoms with Crippen molar-refractivity contribution in [1.29, 1.82) is 0 Å². The van der Waals surface area contributed by atoms with E-state index in [1.807, 2.05) is 12.1 Å². The standard InChI is InChI=1S/C15H21BrN2O2/c1-11(20)17-9-12-4-6-18(7-5-12)15-3-2-13(10-19)8-14(15)16/h2-3,8,12,19H,4-7,9-10H2,1H3,(H,17,20). The number of carbonyl (C=O) groups is 1. The van der Waals surface area contributed by atoms with Gasteiger partial charge in [-0.2, -0.15) is 0 Å². The average Bonchev–Trinajstić information content (AvgIpc) is 2.45.